The Bertz CT molecular complexity index is 774. The molecule has 2 rings (SSSR count). The van der Waals surface area contributed by atoms with Crippen molar-refractivity contribution in [2.75, 3.05) is 19.7 Å². The minimum absolute atomic E-state index is 0.0333. The summed E-state index contributed by atoms with van der Waals surface area (Å²) >= 11 is 0. The Balaban J connectivity index is 2.18. The number of nitrogens with zero attached hydrogens (tertiary/aromatic N) is 2. The second kappa shape index (κ2) is 8.45. The largest absolute Gasteiger partial charge is 0.477 e. The molecule has 1 N–H and O–H groups in total. The Morgan fingerprint density at radius 3 is 2.62 bits per heavy atom. The first kappa shape index (κ1) is 20.1. The van der Waals surface area contributed by atoms with Crippen LogP contribution >= 0.6 is 0 Å². The second-order valence-corrected chi connectivity index (χ2v) is 8.10. The minimum atomic E-state index is -3.77. The van der Waals surface area contributed by atoms with Gasteiger partial charge >= 0.3 is 5.69 Å². The van der Waals surface area contributed by atoms with E-state index in [4.69, 9.17) is 4.74 Å². The Labute approximate surface area is 152 Å². The lowest BCUT2D eigenvalue weighted by Crippen LogP contribution is -2.35. The van der Waals surface area contributed by atoms with Crippen LogP contribution < -0.4 is 10.1 Å². The van der Waals surface area contributed by atoms with E-state index < -0.39 is 26.5 Å². The van der Waals surface area contributed by atoms with Crippen molar-refractivity contribution in [1.82, 2.24) is 9.62 Å². The lowest BCUT2D eigenvalue weighted by molar-refractivity contribution is -0.386. The Kier molecular flexibility index (Phi) is 6.54. The van der Waals surface area contributed by atoms with Crippen molar-refractivity contribution >= 4 is 21.6 Å². The molecule has 0 spiro atoms. The zero-order chi connectivity index (χ0) is 19.3. The third-order valence-electron chi connectivity index (χ3n) is 4.21. The van der Waals surface area contributed by atoms with Crippen LogP contribution in [0.1, 0.15) is 33.1 Å². The molecule has 1 saturated heterocycles. The summed E-state index contributed by atoms with van der Waals surface area (Å²) in [6.45, 7) is 4.17. The van der Waals surface area contributed by atoms with Crippen LogP contribution in [0.3, 0.4) is 0 Å². The highest BCUT2D eigenvalue weighted by Crippen LogP contribution is 2.31. The second-order valence-electron chi connectivity index (χ2n) is 6.16. The molecule has 144 valence electrons. The molecule has 0 bridgehead atoms. The quantitative estimate of drug-likeness (QED) is 0.537. The molecule has 1 fully saturated rings. The highest BCUT2D eigenvalue weighted by Gasteiger charge is 2.30. The van der Waals surface area contributed by atoms with Gasteiger partial charge in [-0.05, 0) is 38.3 Å². The predicted octanol–water partition coefficient (Wildman–Crippen LogP) is 1.67. The number of amides is 1. The van der Waals surface area contributed by atoms with Gasteiger partial charge in [0.2, 0.25) is 10.0 Å². The number of carbonyl (C=O) groups excluding carboxylic acids is 1. The summed E-state index contributed by atoms with van der Waals surface area (Å²) < 4.78 is 31.6. The number of hydrogen-bond donors (Lipinski definition) is 1. The third-order valence-corrected chi connectivity index (χ3v) is 6.10. The summed E-state index contributed by atoms with van der Waals surface area (Å²) in [4.78, 5) is 22.2. The summed E-state index contributed by atoms with van der Waals surface area (Å²) in [7, 11) is -3.77. The van der Waals surface area contributed by atoms with Crippen LogP contribution in [0, 0.1) is 10.1 Å². The van der Waals surface area contributed by atoms with E-state index in [1.807, 2.05) is 13.8 Å². The molecule has 1 atom stereocenters. The van der Waals surface area contributed by atoms with Gasteiger partial charge < -0.3 is 10.1 Å². The smallest absolute Gasteiger partial charge is 0.312 e. The number of benzene rings is 1. The van der Waals surface area contributed by atoms with Crippen LogP contribution in [0.25, 0.3) is 0 Å². The van der Waals surface area contributed by atoms with Crippen molar-refractivity contribution in [2.24, 2.45) is 0 Å². The molecule has 1 heterocycles. The average molecular weight is 385 g/mol. The number of carbonyl (C=O) groups is 1. The summed E-state index contributed by atoms with van der Waals surface area (Å²) in [5.41, 5.74) is -0.485. The standard InChI is InChI=1S/C16H23N3O6S/c1-3-12(2)17-16(20)11-25-15-7-6-13(10-14(15)19(21)22)26(23,24)18-8-4-5-9-18/h6-7,10,12H,3-5,8-9,11H2,1-2H3,(H,17,20)/t12-/m0/s1. The van der Waals surface area contributed by atoms with Crippen LogP contribution in [0.5, 0.6) is 5.75 Å². The van der Waals surface area contributed by atoms with Gasteiger partial charge in [-0.15, -0.1) is 0 Å². The molecule has 0 saturated carbocycles. The summed E-state index contributed by atoms with van der Waals surface area (Å²) in [5, 5.41) is 14.0. The fourth-order valence-corrected chi connectivity index (χ4v) is 4.10. The molecule has 1 aliphatic heterocycles. The zero-order valence-electron chi connectivity index (χ0n) is 14.8. The van der Waals surface area contributed by atoms with Gasteiger partial charge in [0.15, 0.2) is 12.4 Å². The third kappa shape index (κ3) is 4.70. The maximum atomic E-state index is 12.5. The minimum Gasteiger partial charge on any atom is -0.477 e. The lowest BCUT2D eigenvalue weighted by Gasteiger charge is -2.16. The van der Waals surface area contributed by atoms with E-state index in [1.54, 1.807) is 0 Å². The van der Waals surface area contributed by atoms with Gasteiger partial charge in [-0.1, -0.05) is 6.92 Å². The fraction of sp³-hybridized carbons (Fsp3) is 0.562. The number of nitro benzene ring substituents is 1. The van der Waals surface area contributed by atoms with Crippen molar-refractivity contribution in [3.05, 3.63) is 28.3 Å². The fourth-order valence-electron chi connectivity index (χ4n) is 2.56. The van der Waals surface area contributed by atoms with E-state index in [2.05, 4.69) is 5.32 Å². The van der Waals surface area contributed by atoms with Gasteiger partial charge in [-0.25, -0.2) is 8.42 Å². The van der Waals surface area contributed by atoms with Crippen molar-refractivity contribution < 1.29 is 22.9 Å². The first-order chi connectivity index (χ1) is 12.3. The molecule has 1 aromatic rings. The molecule has 0 radical (unpaired) electrons. The first-order valence-electron chi connectivity index (χ1n) is 8.46. The van der Waals surface area contributed by atoms with E-state index in [-0.39, 0.29) is 23.3 Å². The predicted molar refractivity (Wildman–Crippen MR) is 94.5 cm³/mol. The monoisotopic (exact) mass is 385 g/mol. The van der Waals surface area contributed by atoms with Crippen molar-refractivity contribution in [3.8, 4) is 5.75 Å². The summed E-state index contributed by atoms with van der Waals surface area (Å²) in [6, 6.07) is 3.43. The van der Waals surface area contributed by atoms with Crippen LogP contribution in [0.4, 0.5) is 5.69 Å². The zero-order valence-corrected chi connectivity index (χ0v) is 15.6. The van der Waals surface area contributed by atoms with E-state index in [9.17, 15) is 23.3 Å². The summed E-state index contributed by atoms with van der Waals surface area (Å²) in [6.07, 6.45) is 2.29. The SMILES string of the molecule is CC[C@H](C)NC(=O)COc1ccc(S(=O)(=O)N2CCCC2)cc1[N+](=O)[O-]. The number of nitro groups is 1. The number of nitrogens with one attached hydrogen (secondary N) is 1. The maximum Gasteiger partial charge on any atom is 0.312 e. The van der Waals surface area contributed by atoms with Crippen LogP contribution in [0.15, 0.2) is 23.1 Å². The van der Waals surface area contributed by atoms with E-state index in [1.165, 1.54) is 16.4 Å². The van der Waals surface area contributed by atoms with Crippen LogP contribution in [-0.2, 0) is 14.8 Å². The van der Waals surface area contributed by atoms with Gasteiger partial charge in [0.05, 0.1) is 9.82 Å². The molecule has 10 heteroatoms. The maximum absolute atomic E-state index is 12.5. The molecular weight excluding hydrogens is 362 g/mol. The van der Waals surface area contributed by atoms with Gasteiger partial charge in [0.25, 0.3) is 5.91 Å². The van der Waals surface area contributed by atoms with Gasteiger partial charge in [0, 0.05) is 25.2 Å². The molecule has 26 heavy (non-hydrogen) atoms. The normalized spacial score (nSPS) is 16.2. The van der Waals surface area contributed by atoms with Crippen LogP contribution in [0.2, 0.25) is 0 Å². The molecule has 1 aliphatic rings. The van der Waals surface area contributed by atoms with Crippen molar-refractivity contribution in [1.29, 1.82) is 0 Å². The van der Waals surface area contributed by atoms with Gasteiger partial charge in [-0.2, -0.15) is 4.31 Å². The molecule has 9 nitrogen and oxygen atoms in total. The molecule has 0 aliphatic carbocycles. The van der Waals surface area contributed by atoms with Gasteiger partial charge in [0.1, 0.15) is 0 Å². The topological polar surface area (TPSA) is 119 Å². The highest BCUT2D eigenvalue weighted by molar-refractivity contribution is 7.89. The Hall–Kier alpha value is -2.20. The lowest BCUT2D eigenvalue weighted by atomic mass is 10.2. The van der Waals surface area contributed by atoms with Crippen LogP contribution in [-0.4, -0.2) is 49.3 Å². The Morgan fingerprint density at radius 2 is 2.04 bits per heavy atom. The van der Waals surface area contributed by atoms with E-state index in [0.29, 0.717) is 13.1 Å². The number of ether oxygens (including phenoxy) is 1. The molecule has 0 aromatic heterocycles. The first-order valence-corrected chi connectivity index (χ1v) is 9.90. The summed E-state index contributed by atoms with van der Waals surface area (Å²) in [5.74, 6) is -0.544. The molecular formula is C16H23N3O6S. The molecule has 1 aromatic carbocycles. The van der Waals surface area contributed by atoms with Crippen molar-refractivity contribution in [2.45, 2.75) is 44.0 Å². The molecule has 0 unspecified atom stereocenters. The van der Waals surface area contributed by atoms with Gasteiger partial charge in [-0.3, -0.25) is 14.9 Å². The Morgan fingerprint density at radius 1 is 1.38 bits per heavy atom. The number of rotatable bonds is 8. The van der Waals surface area contributed by atoms with E-state index in [0.717, 1.165) is 25.3 Å². The van der Waals surface area contributed by atoms with Crippen molar-refractivity contribution in [3.63, 3.8) is 0 Å². The number of hydrogen-bond acceptors (Lipinski definition) is 6. The molecule has 1 amide bonds. The average Bonchev–Trinajstić information content (AvgIpc) is 3.15. The highest BCUT2D eigenvalue weighted by atomic mass is 32.2. The van der Waals surface area contributed by atoms with E-state index >= 15 is 0 Å². The number of sulfonamides is 1.